The van der Waals surface area contributed by atoms with E-state index in [0.29, 0.717) is 6.04 Å². The van der Waals surface area contributed by atoms with E-state index in [1.807, 2.05) is 19.9 Å². The fourth-order valence-electron chi connectivity index (χ4n) is 3.18. The second kappa shape index (κ2) is 10.7. The number of allylic oxidation sites excluding steroid dienone is 1. The Morgan fingerprint density at radius 3 is 2.50 bits per heavy atom. The fourth-order valence-corrected chi connectivity index (χ4v) is 3.18. The van der Waals surface area contributed by atoms with E-state index in [4.69, 9.17) is 4.99 Å². The predicted molar refractivity (Wildman–Crippen MR) is 122 cm³/mol. The van der Waals surface area contributed by atoms with Crippen molar-refractivity contribution in [1.82, 2.24) is 10.6 Å². The molecule has 2 aromatic rings. The van der Waals surface area contributed by atoms with Gasteiger partial charge in [-0.1, -0.05) is 62.7 Å². The van der Waals surface area contributed by atoms with E-state index in [0.717, 1.165) is 34.9 Å². The highest BCUT2D eigenvalue weighted by atomic mass is 15.2. The summed E-state index contributed by atoms with van der Waals surface area (Å²) in [6.45, 7) is 13.4. The van der Waals surface area contributed by atoms with Crippen LogP contribution in [0.2, 0.25) is 0 Å². The first kappa shape index (κ1) is 21.7. The number of hydrogen-bond donors (Lipinski definition) is 3. The van der Waals surface area contributed by atoms with Crippen LogP contribution in [0.15, 0.2) is 65.3 Å². The lowest BCUT2D eigenvalue weighted by atomic mass is 10.1. The molecule has 0 bridgehead atoms. The van der Waals surface area contributed by atoms with Crippen molar-refractivity contribution >= 4 is 11.5 Å². The van der Waals surface area contributed by atoms with Crippen LogP contribution < -0.4 is 16.0 Å². The Bertz CT molecular complexity index is 806. The van der Waals surface area contributed by atoms with Gasteiger partial charge in [-0.2, -0.15) is 0 Å². The van der Waals surface area contributed by atoms with Gasteiger partial charge in [0.2, 0.25) is 0 Å². The minimum atomic E-state index is -0.0907. The monoisotopic (exact) mass is 378 g/mol. The van der Waals surface area contributed by atoms with Gasteiger partial charge < -0.3 is 16.0 Å². The fraction of sp³-hybridized carbons (Fsp3) is 0.375. The smallest absolute Gasteiger partial charge is 0.147 e. The van der Waals surface area contributed by atoms with E-state index < -0.39 is 0 Å². The molecule has 0 spiro atoms. The van der Waals surface area contributed by atoms with E-state index in [9.17, 15) is 0 Å². The minimum absolute atomic E-state index is 0.0907. The molecule has 2 unspecified atom stereocenters. The normalized spacial score (nSPS) is 16.7. The number of fused-ring (bicyclic) bond motifs is 1. The highest BCUT2D eigenvalue weighted by molar-refractivity contribution is 6.05. The lowest BCUT2D eigenvalue weighted by molar-refractivity contribution is 0.655. The van der Waals surface area contributed by atoms with Crippen molar-refractivity contribution in [2.24, 2.45) is 4.99 Å². The topological polar surface area (TPSA) is 48.5 Å². The first-order chi connectivity index (χ1) is 13.6. The Morgan fingerprint density at radius 1 is 1.14 bits per heavy atom. The van der Waals surface area contributed by atoms with Gasteiger partial charge in [-0.15, -0.1) is 0 Å². The predicted octanol–water partition coefficient (Wildman–Crippen LogP) is 5.38. The third kappa shape index (κ3) is 5.70. The number of aryl methyl sites for hydroxylation is 1. The van der Waals surface area contributed by atoms with Crippen molar-refractivity contribution in [2.45, 2.75) is 53.8 Å². The van der Waals surface area contributed by atoms with Gasteiger partial charge in [0.15, 0.2) is 0 Å². The SMILES string of the molecule is CC.CCNC(C)/C=C(\C)NC1=NC(c2ccc(C)cc2)Nc2ccccc21. The summed E-state index contributed by atoms with van der Waals surface area (Å²) in [6, 6.07) is 17.1. The lowest BCUT2D eigenvalue weighted by Gasteiger charge is -2.27. The van der Waals surface area contributed by atoms with E-state index in [-0.39, 0.29) is 6.17 Å². The third-order valence-corrected chi connectivity index (χ3v) is 4.47. The first-order valence-corrected chi connectivity index (χ1v) is 10.3. The average molecular weight is 379 g/mol. The van der Waals surface area contributed by atoms with Crippen LogP contribution in [0.1, 0.15) is 57.5 Å². The van der Waals surface area contributed by atoms with E-state index in [2.05, 4.69) is 92.2 Å². The van der Waals surface area contributed by atoms with Gasteiger partial charge in [-0.05, 0) is 51.1 Å². The molecule has 0 saturated heterocycles. The first-order valence-electron chi connectivity index (χ1n) is 10.3. The summed E-state index contributed by atoms with van der Waals surface area (Å²) >= 11 is 0. The minimum Gasteiger partial charge on any atom is -0.359 e. The molecule has 0 amide bonds. The van der Waals surface area contributed by atoms with Crippen molar-refractivity contribution in [3.05, 3.63) is 77.0 Å². The maximum atomic E-state index is 4.95. The van der Waals surface area contributed by atoms with Gasteiger partial charge in [0.05, 0.1) is 0 Å². The summed E-state index contributed by atoms with van der Waals surface area (Å²) in [5.74, 6) is 0.905. The largest absolute Gasteiger partial charge is 0.359 e. The number of hydrogen-bond acceptors (Lipinski definition) is 4. The number of nitrogens with zero attached hydrogens (tertiary/aromatic N) is 1. The van der Waals surface area contributed by atoms with Crippen LogP contribution in [0.3, 0.4) is 0 Å². The van der Waals surface area contributed by atoms with Gasteiger partial charge in [-0.25, -0.2) is 4.99 Å². The summed E-state index contributed by atoms with van der Waals surface area (Å²) in [4.78, 5) is 4.95. The number of nitrogens with one attached hydrogen (secondary N) is 3. The van der Waals surface area contributed by atoms with Crippen molar-refractivity contribution < 1.29 is 0 Å². The lowest BCUT2D eigenvalue weighted by Crippen LogP contribution is -2.31. The van der Waals surface area contributed by atoms with Crippen LogP contribution in [0.4, 0.5) is 5.69 Å². The van der Waals surface area contributed by atoms with Gasteiger partial charge in [0, 0.05) is 23.0 Å². The van der Waals surface area contributed by atoms with Crippen LogP contribution >= 0.6 is 0 Å². The average Bonchev–Trinajstić information content (AvgIpc) is 2.70. The van der Waals surface area contributed by atoms with Crippen LogP contribution in [0.5, 0.6) is 0 Å². The highest BCUT2D eigenvalue weighted by Gasteiger charge is 2.21. The molecule has 3 N–H and O–H groups in total. The van der Waals surface area contributed by atoms with Crippen LogP contribution in [-0.2, 0) is 0 Å². The van der Waals surface area contributed by atoms with Crippen molar-refractivity contribution in [3.63, 3.8) is 0 Å². The zero-order valence-corrected chi connectivity index (χ0v) is 18.0. The Labute approximate surface area is 170 Å². The molecule has 1 aliphatic rings. The van der Waals surface area contributed by atoms with Crippen molar-refractivity contribution in [1.29, 1.82) is 0 Å². The summed E-state index contributed by atoms with van der Waals surface area (Å²) in [5, 5.41) is 10.4. The Balaban J connectivity index is 0.00000136. The van der Waals surface area contributed by atoms with E-state index in [1.54, 1.807) is 0 Å². The molecule has 150 valence electrons. The van der Waals surface area contributed by atoms with Gasteiger partial charge in [0.25, 0.3) is 0 Å². The molecule has 0 saturated carbocycles. The maximum absolute atomic E-state index is 4.95. The summed E-state index contributed by atoms with van der Waals surface area (Å²) in [7, 11) is 0. The summed E-state index contributed by atoms with van der Waals surface area (Å²) in [5.41, 5.74) is 5.70. The number of amidine groups is 1. The molecule has 0 radical (unpaired) electrons. The Kier molecular flexibility index (Phi) is 8.27. The van der Waals surface area contributed by atoms with E-state index >= 15 is 0 Å². The molecule has 0 aromatic heterocycles. The van der Waals surface area contributed by atoms with Crippen LogP contribution in [0.25, 0.3) is 0 Å². The summed E-state index contributed by atoms with van der Waals surface area (Å²) in [6.07, 6.45) is 2.10. The number of anilines is 1. The molecular formula is C24H34N4. The second-order valence-electron chi connectivity index (χ2n) is 6.80. The number of likely N-dealkylation sites (N-methyl/N-ethyl adjacent to an activating group) is 1. The zero-order chi connectivity index (χ0) is 20.5. The van der Waals surface area contributed by atoms with Gasteiger partial charge in [0.1, 0.15) is 12.0 Å². The molecule has 3 rings (SSSR count). The quantitative estimate of drug-likeness (QED) is 0.654. The number of aliphatic imine (C=N–C) groups is 1. The molecule has 28 heavy (non-hydrogen) atoms. The Hall–Kier alpha value is -2.59. The molecule has 1 heterocycles. The molecule has 0 fully saturated rings. The third-order valence-electron chi connectivity index (χ3n) is 4.47. The zero-order valence-electron chi connectivity index (χ0n) is 18.0. The maximum Gasteiger partial charge on any atom is 0.147 e. The Morgan fingerprint density at radius 2 is 1.82 bits per heavy atom. The highest BCUT2D eigenvalue weighted by Crippen LogP contribution is 2.29. The van der Waals surface area contributed by atoms with Crippen molar-refractivity contribution in [2.75, 3.05) is 11.9 Å². The molecule has 2 aromatic carbocycles. The van der Waals surface area contributed by atoms with Gasteiger partial charge >= 0.3 is 0 Å². The second-order valence-corrected chi connectivity index (χ2v) is 6.80. The van der Waals surface area contributed by atoms with Crippen LogP contribution in [-0.4, -0.2) is 18.4 Å². The standard InChI is InChI=1S/C22H28N4.C2H6/c1-5-23-16(3)14-17(4)24-22-19-8-6-7-9-20(19)25-21(26-22)18-12-10-15(2)11-13-18;1-2/h6-14,16,21,23,25H,5H2,1-4H3,(H,24,26);1-2H3/b17-14+;. The van der Waals surface area contributed by atoms with E-state index in [1.165, 1.54) is 5.56 Å². The molecule has 2 atom stereocenters. The molecule has 1 aliphatic heterocycles. The molecular weight excluding hydrogens is 344 g/mol. The number of benzene rings is 2. The van der Waals surface area contributed by atoms with Gasteiger partial charge in [-0.3, -0.25) is 0 Å². The molecule has 4 nitrogen and oxygen atoms in total. The molecule has 0 aliphatic carbocycles. The van der Waals surface area contributed by atoms with Crippen molar-refractivity contribution in [3.8, 4) is 0 Å². The summed E-state index contributed by atoms with van der Waals surface area (Å²) < 4.78 is 0. The number of rotatable bonds is 5. The number of para-hydroxylation sites is 1. The van der Waals surface area contributed by atoms with Crippen LogP contribution in [0, 0.1) is 6.92 Å². The molecule has 4 heteroatoms.